The molecule has 0 bridgehead atoms. The fourth-order valence-electron chi connectivity index (χ4n) is 3.44. The molecule has 3 atom stereocenters. The Labute approximate surface area is 123 Å². The zero-order valence-electron chi connectivity index (χ0n) is 11.6. The highest BCUT2D eigenvalue weighted by atomic mass is 79.9. The summed E-state index contributed by atoms with van der Waals surface area (Å²) in [5.74, 6) is 1.44. The van der Waals surface area contributed by atoms with Crippen LogP contribution < -0.4 is 0 Å². The maximum absolute atomic E-state index is 6.33. The van der Waals surface area contributed by atoms with Gasteiger partial charge in [-0.15, -0.1) is 0 Å². The third kappa shape index (κ3) is 2.49. The largest absolute Gasteiger partial charge is 0.271 e. The van der Waals surface area contributed by atoms with Crippen LogP contribution in [0.25, 0.3) is 0 Å². The van der Waals surface area contributed by atoms with Gasteiger partial charge in [0, 0.05) is 17.3 Å². The summed E-state index contributed by atoms with van der Waals surface area (Å²) >= 11 is 10.2. The Morgan fingerprint density at radius 3 is 2.61 bits per heavy atom. The zero-order valence-corrected chi connectivity index (χ0v) is 13.9. The van der Waals surface area contributed by atoms with Crippen molar-refractivity contribution in [3.05, 3.63) is 16.9 Å². The Morgan fingerprint density at radius 2 is 2.11 bits per heavy atom. The van der Waals surface area contributed by atoms with Gasteiger partial charge in [-0.3, -0.25) is 4.68 Å². The van der Waals surface area contributed by atoms with E-state index < -0.39 is 0 Å². The van der Waals surface area contributed by atoms with Crippen molar-refractivity contribution >= 4 is 27.5 Å². The van der Waals surface area contributed by atoms with Crippen LogP contribution in [0.1, 0.15) is 45.7 Å². The summed E-state index contributed by atoms with van der Waals surface area (Å²) in [6, 6.07) is 0. The summed E-state index contributed by atoms with van der Waals surface area (Å²) in [5.41, 5.74) is 1.21. The summed E-state index contributed by atoms with van der Waals surface area (Å²) in [7, 11) is 1.98. The second-order valence-electron chi connectivity index (χ2n) is 6.23. The van der Waals surface area contributed by atoms with Crippen molar-refractivity contribution < 1.29 is 0 Å². The first-order valence-electron chi connectivity index (χ1n) is 6.66. The number of nitrogens with zero attached hydrogens (tertiary/aromatic N) is 2. The molecule has 18 heavy (non-hydrogen) atoms. The van der Waals surface area contributed by atoms with Gasteiger partial charge >= 0.3 is 0 Å². The molecule has 0 radical (unpaired) electrons. The van der Waals surface area contributed by atoms with Gasteiger partial charge in [0.1, 0.15) is 0 Å². The normalized spacial score (nSPS) is 29.6. The van der Waals surface area contributed by atoms with Gasteiger partial charge in [-0.05, 0) is 24.7 Å². The van der Waals surface area contributed by atoms with Gasteiger partial charge in [0.2, 0.25) is 0 Å². The van der Waals surface area contributed by atoms with E-state index in [-0.39, 0.29) is 5.41 Å². The molecular weight excluding hydrogens is 312 g/mol. The summed E-state index contributed by atoms with van der Waals surface area (Å²) in [6.07, 6.45) is 5.58. The summed E-state index contributed by atoms with van der Waals surface area (Å²) in [4.78, 5) is 0.571. The lowest BCUT2D eigenvalue weighted by atomic mass is 9.67. The molecule has 1 aromatic heterocycles. The van der Waals surface area contributed by atoms with Crippen molar-refractivity contribution in [2.24, 2.45) is 18.9 Å². The molecule has 0 aliphatic heterocycles. The third-order valence-corrected chi connectivity index (χ3v) is 5.75. The van der Waals surface area contributed by atoms with Crippen LogP contribution in [-0.4, -0.2) is 14.6 Å². The molecule has 0 spiro atoms. The lowest BCUT2D eigenvalue weighted by molar-refractivity contribution is 0.206. The fourth-order valence-corrected chi connectivity index (χ4v) is 5.41. The first-order chi connectivity index (χ1) is 8.34. The Morgan fingerprint density at radius 1 is 1.44 bits per heavy atom. The number of halogens is 2. The van der Waals surface area contributed by atoms with E-state index >= 15 is 0 Å². The minimum absolute atomic E-state index is 0.0522. The van der Waals surface area contributed by atoms with E-state index in [1.807, 2.05) is 11.7 Å². The molecule has 102 valence electrons. The SMILES string of the molecule is CC1CCC(C(C)(C)c2c(Cl)cnn2C)C(Br)C1. The Bertz CT molecular complexity index is 408. The number of aromatic nitrogens is 2. The Balaban J connectivity index is 2.31. The monoisotopic (exact) mass is 332 g/mol. The van der Waals surface area contributed by atoms with Gasteiger partial charge in [0.15, 0.2) is 0 Å². The third-order valence-electron chi connectivity index (χ3n) is 4.47. The molecule has 1 fully saturated rings. The molecule has 2 nitrogen and oxygen atoms in total. The molecule has 4 heteroatoms. The highest BCUT2D eigenvalue weighted by molar-refractivity contribution is 9.09. The highest BCUT2D eigenvalue weighted by Crippen LogP contribution is 2.46. The number of hydrogen-bond acceptors (Lipinski definition) is 1. The quantitative estimate of drug-likeness (QED) is 0.726. The first kappa shape index (κ1) is 14.4. The fraction of sp³-hybridized carbons (Fsp3) is 0.786. The molecule has 3 unspecified atom stereocenters. The van der Waals surface area contributed by atoms with Gasteiger partial charge in [-0.25, -0.2) is 0 Å². The number of rotatable bonds is 2. The number of hydrogen-bond donors (Lipinski definition) is 0. The van der Waals surface area contributed by atoms with Crippen LogP contribution in [0.15, 0.2) is 6.20 Å². The van der Waals surface area contributed by atoms with Crippen LogP contribution in [-0.2, 0) is 12.5 Å². The number of aryl methyl sites for hydroxylation is 1. The van der Waals surface area contributed by atoms with Crippen LogP contribution in [0.2, 0.25) is 5.02 Å². The number of alkyl halides is 1. The molecule has 0 aromatic carbocycles. The topological polar surface area (TPSA) is 17.8 Å². The lowest BCUT2D eigenvalue weighted by Crippen LogP contribution is -2.40. The van der Waals surface area contributed by atoms with E-state index in [4.69, 9.17) is 11.6 Å². The van der Waals surface area contributed by atoms with Gasteiger partial charge in [0.05, 0.1) is 16.9 Å². The first-order valence-corrected chi connectivity index (χ1v) is 7.95. The van der Waals surface area contributed by atoms with Gasteiger partial charge in [-0.2, -0.15) is 5.10 Å². The van der Waals surface area contributed by atoms with E-state index in [1.54, 1.807) is 6.20 Å². The second kappa shape index (κ2) is 5.16. The van der Waals surface area contributed by atoms with E-state index in [0.29, 0.717) is 10.7 Å². The molecule has 1 aliphatic rings. The van der Waals surface area contributed by atoms with Crippen molar-refractivity contribution in [2.45, 2.75) is 50.3 Å². The summed E-state index contributed by atoms with van der Waals surface area (Å²) < 4.78 is 1.93. The minimum Gasteiger partial charge on any atom is -0.271 e. The molecule has 1 aromatic rings. The van der Waals surface area contributed by atoms with E-state index in [9.17, 15) is 0 Å². The predicted molar refractivity (Wildman–Crippen MR) is 80.5 cm³/mol. The summed E-state index contributed by atoms with van der Waals surface area (Å²) in [5, 5.41) is 5.08. The van der Waals surface area contributed by atoms with Gasteiger partial charge < -0.3 is 0 Å². The van der Waals surface area contributed by atoms with Gasteiger partial charge in [-0.1, -0.05) is 54.7 Å². The molecule has 1 heterocycles. The molecule has 0 saturated heterocycles. The molecule has 0 N–H and O–H groups in total. The molecule has 1 aliphatic carbocycles. The maximum Gasteiger partial charge on any atom is 0.0823 e. The highest BCUT2D eigenvalue weighted by Gasteiger charge is 2.41. The van der Waals surface area contributed by atoms with Crippen LogP contribution in [0.5, 0.6) is 0 Å². The van der Waals surface area contributed by atoms with Crippen LogP contribution in [0.3, 0.4) is 0 Å². The van der Waals surface area contributed by atoms with Crippen LogP contribution >= 0.6 is 27.5 Å². The summed E-state index contributed by atoms with van der Waals surface area (Å²) in [6.45, 7) is 6.93. The van der Waals surface area contributed by atoms with E-state index in [2.05, 4.69) is 41.8 Å². The molecule has 2 rings (SSSR count). The molecule has 1 saturated carbocycles. The van der Waals surface area contributed by atoms with Crippen LogP contribution in [0.4, 0.5) is 0 Å². The zero-order chi connectivity index (χ0) is 13.5. The average molecular weight is 334 g/mol. The average Bonchev–Trinajstić information content (AvgIpc) is 2.58. The van der Waals surface area contributed by atoms with Crippen molar-refractivity contribution in [1.29, 1.82) is 0 Å². The van der Waals surface area contributed by atoms with Crippen LogP contribution in [0, 0.1) is 11.8 Å². The standard InChI is InChI=1S/C14H22BrClN2/c1-9-5-6-10(11(15)7-9)14(2,3)13-12(16)8-17-18(13)4/h8-11H,5-7H2,1-4H3. The van der Waals surface area contributed by atoms with Crippen molar-refractivity contribution in [2.75, 3.05) is 0 Å². The second-order valence-corrected chi connectivity index (χ2v) is 7.81. The maximum atomic E-state index is 6.33. The van der Waals surface area contributed by atoms with Gasteiger partial charge in [0.25, 0.3) is 0 Å². The van der Waals surface area contributed by atoms with E-state index in [0.717, 1.165) is 16.6 Å². The molecule has 0 amide bonds. The minimum atomic E-state index is 0.0522. The Hall–Kier alpha value is -0.0200. The molecular formula is C14H22BrClN2. The predicted octanol–water partition coefficient (Wildman–Crippen LogP) is 4.55. The van der Waals surface area contributed by atoms with Crippen molar-refractivity contribution in [3.8, 4) is 0 Å². The van der Waals surface area contributed by atoms with Crippen molar-refractivity contribution in [3.63, 3.8) is 0 Å². The smallest absolute Gasteiger partial charge is 0.0823 e. The van der Waals surface area contributed by atoms with Crippen molar-refractivity contribution in [1.82, 2.24) is 9.78 Å². The Kier molecular flexibility index (Phi) is 4.13. The lowest BCUT2D eigenvalue weighted by Gasteiger charge is -2.42. The van der Waals surface area contributed by atoms with E-state index in [1.165, 1.54) is 19.3 Å².